The monoisotopic (exact) mass is 364 g/mol. The zero-order valence-corrected chi connectivity index (χ0v) is 13.2. The number of benzene rings is 1. The van der Waals surface area contributed by atoms with E-state index in [2.05, 4.69) is 31.4 Å². The summed E-state index contributed by atoms with van der Waals surface area (Å²) >= 11 is 12.7. The number of nitrogens with zero attached hydrogens (tertiary/aromatic N) is 3. The van der Waals surface area contributed by atoms with Gasteiger partial charge in [-0.25, -0.2) is 8.42 Å². The molecule has 2 rings (SSSR count). The molecule has 0 bridgehead atoms. The lowest BCUT2D eigenvalue weighted by Crippen LogP contribution is -2.14. The molecule has 0 saturated heterocycles. The molecule has 2 N–H and O–H groups in total. The molecule has 0 unspecified atom stereocenters. The molecule has 1 aromatic carbocycles. The second-order valence-corrected chi connectivity index (χ2v) is 6.67. The maximum Gasteiger partial charge on any atom is 0.266 e. The van der Waals surface area contributed by atoms with Crippen molar-refractivity contribution >= 4 is 49.9 Å². The fraction of sp³-hybridized carbons (Fsp3) is 0.100. The van der Waals surface area contributed by atoms with Gasteiger partial charge in [-0.3, -0.25) is 4.72 Å². The summed E-state index contributed by atoms with van der Waals surface area (Å²) in [5, 5.41) is 15.2. The van der Waals surface area contributed by atoms with E-state index in [-0.39, 0.29) is 26.7 Å². The lowest BCUT2D eigenvalue weighted by Gasteiger charge is -2.09. The maximum atomic E-state index is 12.2. The third kappa shape index (κ3) is 3.81. The quantitative estimate of drug-likeness (QED) is 0.797. The van der Waals surface area contributed by atoms with Crippen LogP contribution in [0, 0.1) is 11.8 Å². The lowest BCUT2D eigenvalue weighted by atomic mass is 10.2. The Morgan fingerprint density at radius 1 is 1.33 bits per heavy atom. The zero-order valence-electron chi connectivity index (χ0n) is 10.0. The average Bonchev–Trinajstić information content (AvgIpc) is 2.87. The van der Waals surface area contributed by atoms with Crippen LogP contribution >= 0.6 is 34.7 Å². The Bertz CT molecular complexity index is 790. The van der Waals surface area contributed by atoms with Gasteiger partial charge in [0.1, 0.15) is 11.5 Å². The van der Waals surface area contributed by atoms with Gasteiger partial charge < -0.3 is 5.11 Å². The molecule has 2 aromatic rings. The standard InChI is InChI=1S/C10H6Cl2N4O3S2/c11-7-4-6(2-1-3-17)5-8(12)9(7)21(18,19)14-10-13-15-16-20-10/h4-5,17H,3H2,(H,13,14,16). The number of sulfonamides is 1. The van der Waals surface area contributed by atoms with Gasteiger partial charge in [0.2, 0.25) is 5.13 Å². The van der Waals surface area contributed by atoms with Gasteiger partial charge in [0.15, 0.2) is 0 Å². The first-order valence-corrected chi connectivity index (χ1v) is 8.22. The van der Waals surface area contributed by atoms with Crippen molar-refractivity contribution in [1.29, 1.82) is 0 Å². The lowest BCUT2D eigenvalue weighted by molar-refractivity contribution is 0.350. The molecule has 0 aliphatic heterocycles. The third-order valence-electron chi connectivity index (χ3n) is 2.10. The topological polar surface area (TPSA) is 105 Å². The number of anilines is 1. The number of aromatic nitrogens is 3. The number of aliphatic hydroxyl groups is 1. The molecule has 0 fully saturated rings. The molecule has 0 aliphatic rings. The molecule has 21 heavy (non-hydrogen) atoms. The number of hydrogen-bond donors (Lipinski definition) is 2. The van der Waals surface area contributed by atoms with Gasteiger partial charge in [-0.1, -0.05) is 44.6 Å². The summed E-state index contributed by atoms with van der Waals surface area (Å²) in [6.45, 7) is -0.332. The highest BCUT2D eigenvalue weighted by atomic mass is 35.5. The van der Waals surface area contributed by atoms with Crippen LogP contribution < -0.4 is 4.72 Å². The Kier molecular flexibility index (Phi) is 4.97. The van der Waals surface area contributed by atoms with Crippen molar-refractivity contribution in [2.24, 2.45) is 0 Å². The van der Waals surface area contributed by atoms with Gasteiger partial charge in [-0.2, -0.15) is 0 Å². The molecule has 1 aromatic heterocycles. The van der Waals surface area contributed by atoms with Crippen LogP contribution in [0.15, 0.2) is 17.0 Å². The number of hydrogen-bond acceptors (Lipinski definition) is 7. The molecule has 1 heterocycles. The molecule has 0 atom stereocenters. The number of nitrogens with one attached hydrogen (secondary N) is 1. The molecular weight excluding hydrogens is 359 g/mol. The smallest absolute Gasteiger partial charge is 0.266 e. The van der Waals surface area contributed by atoms with Crippen molar-refractivity contribution in [1.82, 2.24) is 14.8 Å². The number of halogens is 2. The van der Waals surface area contributed by atoms with Crippen molar-refractivity contribution < 1.29 is 13.5 Å². The van der Waals surface area contributed by atoms with Crippen LogP contribution in [0.5, 0.6) is 0 Å². The SMILES string of the molecule is O=S(=O)(Nc1nnns1)c1c(Cl)cc(C#CCO)cc1Cl. The van der Waals surface area contributed by atoms with E-state index in [1.54, 1.807) is 0 Å². The summed E-state index contributed by atoms with van der Waals surface area (Å²) in [6, 6.07) is 2.67. The van der Waals surface area contributed by atoms with Crippen LogP contribution in [0.2, 0.25) is 10.0 Å². The van der Waals surface area contributed by atoms with Crippen molar-refractivity contribution in [2.75, 3.05) is 11.3 Å². The van der Waals surface area contributed by atoms with Crippen LogP contribution in [0.4, 0.5) is 5.13 Å². The highest BCUT2D eigenvalue weighted by molar-refractivity contribution is 7.93. The second-order valence-electron chi connectivity index (χ2n) is 3.50. The Balaban J connectivity index is 2.44. The fourth-order valence-electron chi connectivity index (χ4n) is 1.37. The predicted octanol–water partition coefficient (Wildman–Crippen LogP) is 1.38. The molecule has 0 amide bonds. The van der Waals surface area contributed by atoms with Crippen LogP contribution in [-0.4, -0.2) is 34.9 Å². The minimum absolute atomic E-state index is 0.00807. The van der Waals surface area contributed by atoms with Crippen molar-refractivity contribution in [3.05, 3.63) is 27.7 Å². The Hall–Kier alpha value is -1.44. The van der Waals surface area contributed by atoms with Crippen LogP contribution in [0.1, 0.15) is 5.56 Å². The first kappa shape index (κ1) is 15.9. The van der Waals surface area contributed by atoms with E-state index in [0.717, 1.165) is 11.5 Å². The van der Waals surface area contributed by atoms with E-state index in [4.69, 9.17) is 28.3 Å². The summed E-state index contributed by atoms with van der Waals surface area (Å²) in [5.74, 6) is 5.00. The zero-order chi connectivity index (χ0) is 15.5. The Morgan fingerprint density at radius 2 is 2.00 bits per heavy atom. The normalized spacial score (nSPS) is 10.8. The highest BCUT2D eigenvalue weighted by Crippen LogP contribution is 2.32. The molecule has 11 heteroatoms. The van der Waals surface area contributed by atoms with Gasteiger partial charge >= 0.3 is 0 Å². The number of aliphatic hydroxyl groups excluding tert-OH is 1. The summed E-state index contributed by atoms with van der Waals surface area (Å²) in [5.41, 5.74) is 0.385. The molecule has 0 saturated carbocycles. The van der Waals surface area contributed by atoms with Crippen LogP contribution in [0.25, 0.3) is 0 Å². The second kappa shape index (κ2) is 6.55. The summed E-state index contributed by atoms with van der Waals surface area (Å²) in [7, 11) is -4.03. The van der Waals surface area contributed by atoms with Gasteiger partial charge in [0.25, 0.3) is 10.0 Å². The van der Waals surface area contributed by atoms with Gasteiger partial charge in [0.05, 0.1) is 10.0 Å². The van der Waals surface area contributed by atoms with E-state index in [1.165, 1.54) is 12.1 Å². The average molecular weight is 365 g/mol. The largest absolute Gasteiger partial charge is 0.384 e. The minimum atomic E-state index is -4.03. The van der Waals surface area contributed by atoms with Crippen LogP contribution in [0.3, 0.4) is 0 Å². The van der Waals surface area contributed by atoms with E-state index in [9.17, 15) is 8.42 Å². The minimum Gasteiger partial charge on any atom is -0.384 e. The van der Waals surface area contributed by atoms with Crippen molar-refractivity contribution in [3.8, 4) is 11.8 Å². The van der Waals surface area contributed by atoms with Gasteiger partial charge in [-0.05, 0) is 17.3 Å². The highest BCUT2D eigenvalue weighted by Gasteiger charge is 2.23. The van der Waals surface area contributed by atoms with E-state index in [0.29, 0.717) is 5.56 Å². The summed E-state index contributed by atoms with van der Waals surface area (Å²) < 4.78 is 30.1. The maximum absolute atomic E-state index is 12.2. The first-order valence-electron chi connectivity index (χ1n) is 5.20. The van der Waals surface area contributed by atoms with Crippen molar-refractivity contribution in [3.63, 3.8) is 0 Å². The molecule has 0 aliphatic carbocycles. The molecule has 0 spiro atoms. The van der Waals surface area contributed by atoms with Gasteiger partial charge in [-0.15, -0.1) is 0 Å². The first-order chi connectivity index (χ1) is 9.94. The molecule has 110 valence electrons. The van der Waals surface area contributed by atoms with E-state index in [1.807, 2.05) is 0 Å². The fourth-order valence-corrected chi connectivity index (χ4v) is 4.17. The number of rotatable bonds is 3. The molecule has 0 radical (unpaired) electrons. The summed E-state index contributed by atoms with van der Waals surface area (Å²) in [6.07, 6.45) is 0. The Morgan fingerprint density at radius 3 is 2.52 bits per heavy atom. The predicted molar refractivity (Wildman–Crippen MR) is 78.9 cm³/mol. The van der Waals surface area contributed by atoms with Crippen LogP contribution in [-0.2, 0) is 10.0 Å². The Labute approximate surface area is 134 Å². The molecular formula is C10H6Cl2N4O3S2. The third-order valence-corrected chi connectivity index (χ3v) is 5.00. The molecule has 7 nitrogen and oxygen atoms in total. The van der Waals surface area contributed by atoms with Gasteiger partial charge in [0, 0.05) is 17.1 Å². The van der Waals surface area contributed by atoms with E-state index >= 15 is 0 Å². The van der Waals surface area contributed by atoms with E-state index < -0.39 is 10.0 Å². The van der Waals surface area contributed by atoms with Crippen molar-refractivity contribution in [2.45, 2.75) is 4.90 Å². The summed E-state index contributed by atoms with van der Waals surface area (Å²) in [4.78, 5) is -0.296.